The van der Waals surface area contributed by atoms with E-state index in [0.717, 1.165) is 17.4 Å². The Morgan fingerprint density at radius 1 is 1.08 bits per heavy atom. The molecule has 5 rings (SSSR count). The number of amides is 2. The summed E-state index contributed by atoms with van der Waals surface area (Å²) >= 11 is 0. The molecule has 0 unspecified atom stereocenters. The SMILES string of the molecule is O=C(NC1CCC(O)CC1)c1cnc(N2CCC(N3C(=O)OCc4ccccc43)CC2)nc1C(F)(F)F. The van der Waals surface area contributed by atoms with Gasteiger partial charge < -0.3 is 20.1 Å². The first-order valence-electron chi connectivity index (χ1n) is 12.4. The van der Waals surface area contributed by atoms with E-state index in [0.29, 0.717) is 51.6 Å². The van der Waals surface area contributed by atoms with Crippen LogP contribution >= 0.6 is 0 Å². The van der Waals surface area contributed by atoms with Gasteiger partial charge in [-0.3, -0.25) is 9.69 Å². The molecule has 0 spiro atoms. The molecule has 1 aromatic heterocycles. The predicted molar refractivity (Wildman–Crippen MR) is 127 cm³/mol. The van der Waals surface area contributed by atoms with Crippen molar-refractivity contribution in [3.05, 3.63) is 47.3 Å². The lowest BCUT2D eigenvalue weighted by atomic mass is 9.93. The van der Waals surface area contributed by atoms with E-state index in [4.69, 9.17) is 4.74 Å². The van der Waals surface area contributed by atoms with E-state index >= 15 is 0 Å². The lowest BCUT2D eigenvalue weighted by molar-refractivity contribution is -0.141. The maximum Gasteiger partial charge on any atom is 0.434 e. The molecule has 2 amide bonds. The van der Waals surface area contributed by atoms with Crippen LogP contribution in [0.25, 0.3) is 0 Å². The zero-order valence-electron chi connectivity index (χ0n) is 20.1. The average Bonchev–Trinajstić information content (AvgIpc) is 2.89. The number of nitrogens with one attached hydrogen (secondary N) is 1. The fourth-order valence-electron chi connectivity index (χ4n) is 5.24. The fourth-order valence-corrected chi connectivity index (χ4v) is 5.24. The highest BCUT2D eigenvalue weighted by Gasteiger charge is 2.40. The molecule has 2 fully saturated rings. The van der Waals surface area contributed by atoms with Crippen LogP contribution in [-0.4, -0.2) is 58.4 Å². The molecule has 9 nitrogen and oxygen atoms in total. The zero-order chi connectivity index (χ0) is 26.2. The number of para-hydroxylation sites is 1. The molecule has 198 valence electrons. The summed E-state index contributed by atoms with van der Waals surface area (Å²) in [5.74, 6) is -0.981. The standard InChI is InChI=1S/C25H28F3N5O4/c26-25(27,28)21-19(22(35)30-16-5-7-18(34)8-6-16)13-29-23(31-21)32-11-9-17(10-12-32)33-20-4-2-1-3-15(20)14-37-24(33)36/h1-4,13,16-18,34H,5-12,14H2,(H,30,35). The van der Waals surface area contributed by atoms with Crippen molar-refractivity contribution < 1.29 is 32.6 Å². The third-order valence-electron chi connectivity index (χ3n) is 7.23. The van der Waals surface area contributed by atoms with Crippen LogP contribution in [0, 0.1) is 0 Å². The first-order valence-corrected chi connectivity index (χ1v) is 12.4. The van der Waals surface area contributed by atoms with Crippen molar-refractivity contribution >= 4 is 23.6 Å². The van der Waals surface area contributed by atoms with E-state index in [9.17, 15) is 27.9 Å². The number of carbonyl (C=O) groups excluding carboxylic acids is 2. The van der Waals surface area contributed by atoms with Gasteiger partial charge in [-0.25, -0.2) is 14.8 Å². The molecule has 0 atom stereocenters. The van der Waals surface area contributed by atoms with E-state index in [1.807, 2.05) is 24.3 Å². The molecule has 37 heavy (non-hydrogen) atoms. The number of carbonyl (C=O) groups is 2. The number of rotatable bonds is 4. The molecule has 3 aliphatic rings. The van der Waals surface area contributed by atoms with Crippen LogP contribution in [-0.2, 0) is 17.5 Å². The van der Waals surface area contributed by atoms with Crippen LogP contribution in [0.4, 0.5) is 29.6 Å². The van der Waals surface area contributed by atoms with Gasteiger partial charge in [0.2, 0.25) is 5.95 Å². The summed E-state index contributed by atoms with van der Waals surface area (Å²) < 4.78 is 47.0. The fraction of sp³-hybridized carbons (Fsp3) is 0.520. The molecule has 1 aliphatic carbocycles. The van der Waals surface area contributed by atoms with Gasteiger partial charge in [0.25, 0.3) is 5.91 Å². The van der Waals surface area contributed by atoms with Crippen molar-refractivity contribution in [2.24, 2.45) is 0 Å². The van der Waals surface area contributed by atoms with E-state index in [1.54, 1.807) is 9.80 Å². The summed E-state index contributed by atoms with van der Waals surface area (Å²) in [6, 6.07) is 7.00. The number of nitrogens with zero attached hydrogens (tertiary/aromatic N) is 4. The van der Waals surface area contributed by atoms with Gasteiger partial charge in [0.05, 0.1) is 17.4 Å². The second-order valence-electron chi connectivity index (χ2n) is 9.68. The van der Waals surface area contributed by atoms with Gasteiger partial charge in [-0.1, -0.05) is 18.2 Å². The average molecular weight is 520 g/mol. The smallest absolute Gasteiger partial charge is 0.434 e. The number of aliphatic hydroxyl groups excluding tert-OH is 1. The van der Waals surface area contributed by atoms with Crippen molar-refractivity contribution in [2.75, 3.05) is 22.9 Å². The normalized spacial score (nSPS) is 22.9. The minimum Gasteiger partial charge on any atom is -0.444 e. The Morgan fingerprint density at radius 2 is 1.78 bits per heavy atom. The van der Waals surface area contributed by atoms with Gasteiger partial charge in [0.1, 0.15) is 6.61 Å². The van der Waals surface area contributed by atoms with Crippen LogP contribution in [0.1, 0.15) is 60.1 Å². The molecule has 0 bridgehead atoms. The summed E-state index contributed by atoms with van der Waals surface area (Å²) in [4.78, 5) is 36.3. The van der Waals surface area contributed by atoms with Crippen molar-refractivity contribution in [3.8, 4) is 0 Å². The number of aromatic nitrogens is 2. The second kappa shape index (κ2) is 10.2. The molecular weight excluding hydrogens is 491 g/mol. The van der Waals surface area contributed by atoms with Gasteiger partial charge in [-0.15, -0.1) is 0 Å². The quantitative estimate of drug-likeness (QED) is 0.635. The Kier molecular flexibility index (Phi) is 6.93. The Labute approximate surface area is 211 Å². The first-order chi connectivity index (χ1) is 17.7. The lowest BCUT2D eigenvalue weighted by Gasteiger charge is -2.40. The molecule has 2 aliphatic heterocycles. The molecule has 2 aromatic rings. The van der Waals surface area contributed by atoms with Gasteiger partial charge in [-0.2, -0.15) is 13.2 Å². The number of benzene rings is 1. The van der Waals surface area contributed by atoms with Crippen molar-refractivity contribution in [1.82, 2.24) is 15.3 Å². The summed E-state index contributed by atoms with van der Waals surface area (Å²) in [6.45, 7) is 0.884. The monoisotopic (exact) mass is 519 g/mol. The summed E-state index contributed by atoms with van der Waals surface area (Å²) in [6.07, 6.45) is -1.83. The van der Waals surface area contributed by atoms with E-state index in [2.05, 4.69) is 15.3 Å². The molecule has 1 saturated carbocycles. The summed E-state index contributed by atoms with van der Waals surface area (Å²) in [5, 5.41) is 12.2. The van der Waals surface area contributed by atoms with Crippen molar-refractivity contribution in [2.45, 2.75) is 69.5 Å². The van der Waals surface area contributed by atoms with Crippen LogP contribution in [0.3, 0.4) is 0 Å². The van der Waals surface area contributed by atoms with Gasteiger partial charge in [0.15, 0.2) is 5.69 Å². The highest BCUT2D eigenvalue weighted by Crippen LogP contribution is 2.34. The van der Waals surface area contributed by atoms with Crippen LogP contribution in [0.5, 0.6) is 0 Å². The highest BCUT2D eigenvalue weighted by atomic mass is 19.4. The number of halogens is 3. The summed E-state index contributed by atoms with van der Waals surface area (Å²) in [5.41, 5.74) is -0.206. The molecule has 1 saturated heterocycles. The minimum atomic E-state index is -4.84. The van der Waals surface area contributed by atoms with Gasteiger partial charge >= 0.3 is 12.3 Å². The third-order valence-corrected chi connectivity index (χ3v) is 7.23. The number of piperidine rings is 1. The maximum absolute atomic E-state index is 13.9. The highest BCUT2D eigenvalue weighted by molar-refractivity contribution is 5.95. The third kappa shape index (κ3) is 5.34. The maximum atomic E-state index is 13.9. The Balaban J connectivity index is 1.29. The molecule has 2 N–H and O–H groups in total. The minimum absolute atomic E-state index is 0.107. The van der Waals surface area contributed by atoms with Crippen LogP contribution in [0.15, 0.2) is 30.5 Å². The Morgan fingerprint density at radius 3 is 2.49 bits per heavy atom. The Bertz CT molecular complexity index is 1160. The van der Waals surface area contributed by atoms with E-state index in [-0.39, 0.29) is 24.6 Å². The topological polar surface area (TPSA) is 108 Å². The lowest BCUT2D eigenvalue weighted by Crippen LogP contribution is -2.49. The summed E-state index contributed by atoms with van der Waals surface area (Å²) in [7, 11) is 0. The van der Waals surface area contributed by atoms with Crippen molar-refractivity contribution in [1.29, 1.82) is 0 Å². The molecule has 0 radical (unpaired) electrons. The Hall–Kier alpha value is -3.41. The molecule has 1 aromatic carbocycles. The number of ether oxygens (including phenoxy) is 1. The van der Waals surface area contributed by atoms with Crippen LogP contribution < -0.4 is 15.1 Å². The van der Waals surface area contributed by atoms with Gasteiger partial charge in [-0.05, 0) is 44.6 Å². The van der Waals surface area contributed by atoms with Crippen molar-refractivity contribution in [3.63, 3.8) is 0 Å². The number of alkyl halides is 3. The second-order valence-corrected chi connectivity index (χ2v) is 9.68. The number of hydrogen-bond donors (Lipinski definition) is 2. The largest absolute Gasteiger partial charge is 0.444 e. The first kappa shape index (κ1) is 25.2. The predicted octanol–water partition coefficient (Wildman–Crippen LogP) is 3.65. The number of anilines is 2. The van der Waals surface area contributed by atoms with E-state index in [1.165, 1.54) is 0 Å². The van der Waals surface area contributed by atoms with Crippen LogP contribution in [0.2, 0.25) is 0 Å². The van der Waals surface area contributed by atoms with Gasteiger partial charge in [0, 0.05) is 36.9 Å². The van der Waals surface area contributed by atoms with E-state index < -0.39 is 35.5 Å². The number of cyclic esters (lactones) is 1. The molecular formula is C25H28F3N5O4. The zero-order valence-corrected chi connectivity index (χ0v) is 20.1. The number of aliphatic hydroxyl groups is 1. The number of fused-ring (bicyclic) bond motifs is 1. The molecule has 12 heteroatoms. The molecule has 3 heterocycles. The number of hydrogen-bond acceptors (Lipinski definition) is 7.